The van der Waals surface area contributed by atoms with Crippen molar-refractivity contribution in [2.75, 3.05) is 6.54 Å². The van der Waals surface area contributed by atoms with Gasteiger partial charge in [-0.1, -0.05) is 13.8 Å². The highest BCUT2D eigenvalue weighted by Gasteiger charge is 2.14. The highest BCUT2D eigenvalue weighted by atomic mass is 16.1. The van der Waals surface area contributed by atoms with Crippen LogP contribution in [0.3, 0.4) is 0 Å². The van der Waals surface area contributed by atoms with Gasteiger partial charge in [0.05, 0.1) is 0 Å². The fraction of sp³-hybridized carbons (Fsp3) is 0.889. The highest BCUT2D eigenvalue weighted by molar-refractivity contribution is 5.78. The van der Waals surface area contributed by atoms with Crippen molar-refractivity contribution in [2.24, 2.45) is 17.6 Å². The first kappa shape index (κ1) is 10.6. The quantitative estimate of drug-likeness (QED) is 0.658. The second-order valence-electron chi connectivity index (χ2n) is 3.51. The molecule has 0 rings (SSSR count). The van der Waals surface area contributed by atoms with Gasteiger partial charge in [-0.3, -0.25) is 4.79 Å². The Hall–Kier alpha value is -0.370. The summed E-state index contributed by atoms with van der Waals surface area (Å²) in [6, 6.07) is 0. The maximum absolute atomic E-state index is 11.0. The van der Waals surface area contributed by atoms with Crippen LogP contribution in [0.15, 0.2) is 0 Å². The Labute approximate surface area is 69.2 Å². The molecule has 0 bridgehead atoms. The van der Waals surface area contributed by atoms with E-state index in [1.807, 2.05) is 0 Å². The molecule has 0 saturated heterocycles. The maximum Gasteiger partial charge on any atom is 0.132 e. The standard InChI is InChI=1S/C9H19NO/c1-7(2)6-9(4-5-10)8(3)11/h7,9H,4-6,10H2,1-3H3. The summed E-state index contributed by atoms with van der Waals surface area (Å²) in [5, 5.41) is 0. The first-order valence-corrected chi connectivity index (χ1v) is 4.28. The molecule has 66 valence electrons. The van der Waals surface area contributed by atoms with Crippen LogP contribution in [0.5, 0.6) is 0 Å². The minimum Gasteiger partial charge on any atom is -0.330 e. The van der Waals surface area contributed by atoms with Crippen LogP contribution in [0.25, 0.3) is 0 Å². The number of ketones is 1. The van der Waals surface area contributed by atoms with Gasteiger partial charge in [0.25, 0.3) is 0 Å². The average molecular weight is 157 g/mol. The number of nitrogens with two attached hydrogens (primary N) is 1. The van der Waals surface area contributed by atoms with Crippen molar-refractivity contribution in [3.05, 3.63) is 0 Å². The molecule has 0 saturated carbocycles. The van der Waals surface area contributed by atoms with E-state index in [1.165, 1.54) is 0 Å². The summed E-state index contributed by atoms with van der Waals surface area (Å²) in [6.45, 7) is 6.54. The van der Waals surface area contributed by atoms with Crippen LogP contribution in [0, 0.1) is 11.8 Å². The van der Waals surface area contributed by atoms with Gasteiger partial charge < -0.3 is 5.73 Å². The van der Waals surface area contributed by atoms with Crippen LogP contribution < -0.4 is 5.73 Å². The van der Waals surface area contributed by atoms with Crippen molar-refractivity contribution < 1.29 is 4.79 Å². The molecule has 0 amide bonds. The van der Waals surface area contributed by atoms with Gasteiger partial charge in [0, 0.05) is 5.92 Å². The molecule has 11 heavy (non-hydrogen) atoms. The van der Waals surface area contributed by atoms with E-state index >= 15 is 0 Å². The van der Waals surface area contributed by atoms with Crippen molar-refractivity contribution in [1.29, 1.82) is 0 Å². The second-order valence-corrected chi connectivity index (χ2v) is 3.51. The minimum absolute atomic E-state index is 0.194. The molecule has 0 aromatic heterocycles. The second kappa shape index (κ2) is 5.30. The van der Waals surface area contributed by atoms with E-state index in [4.69, 9.17) is 5.73 Å². The molecular weight excluding hydrogens is 138 g/mol. The fourth-order valence-electron chi connectivity index (χ4n) is 1.26. The summed E-state index contributed by atoms with van der Waals surface area (Å²) in [6.07, 6.45) is 1.82. The lowest BCUT2D eigenvalue weighted by Gasteiger charge is -2.14. The Kier molecular flexibility index (Phi) is 5.12. The molecule has 2 nitrogen and oxygen atoms in total. The number of Topliss-reactive ketones (excluding diaryl/α,β-unsaturated/α-hetero) is 1. The molecule has 0 aliphatic heterocycles. The molecule has 0 aromatic carbocycles. The van der Waals surface area contributed by atoms with Gasteiger partial charge in [0.1, 0.15) is 5.78 Å². The van der Waals surface area contributed by atoms with Crippen LogP contribution in [-0.4, -0.2) is 12.3 Å². The third kappa shape index (κ3) is 4.96. The molecule has 0 aliphatic rings. The summed E-state index contributed by atoms with van der Waals surface area (Å²) in [5.74, 6) is 1.07. The van der Waals surface area contributed by atoms with E-state index in [0.717, 1.165) is 12.8 Å². The molecule has 1 unspecified atom stereocenters. The molecule has 0 radical (unpaired) electrons. The number of carbonyl (C=O) groups is 1. The van der Waals surface area contributed by atoms with Crippen molar-refractivity contribution in [2.45, 2.75) is 33.6 Å². The first-order valence-electron chi connectivity index (χ1n) is 4.28. The Morgan fingerprint density at radius 1 is 1.45 bits per heavy atom. The van der Waals surface area contributed by atoms with Gasteiger partial charge in [0.15, 0.2) is 0 Å². The summed E-state index contributed by atoms with van der Waals surface area (Å²) < 4.78 is 0. The number of hydrogen-bond acceptors (Lipinski definition) is 2. The smallest absolute Gasteiger partial charge is 0.132 e. The third-order valence-corrected chi connectivity index (χ3v) is 1.85. The molecule has 1 atom stereocenters. The summed E-state index contributed by atoms with van der Waals surface area (Å²) in [4.78, 5) is 11.0. The summed E-state index contributed by atoms with van der Waals surface area (Å²) >= 11 is 0. The van der Waals surface area contributed by atoms with E-state index in [1.54, 1.807) is 6.92 Å². The molecule has 0 aromatic rings. The van der Waals surface area contributed by atoms with Crippen LogP contribution >= 0.6 is 0 Å². The Bertz CT molecular complexity index is 121. The summed E-state index contributed by atoms with van der Waals surface area (Å²) in [5.41, 5.74) is 5.39. The SMILES string of the molecule is CC(=O)C(CCN)CC(C)C. The monoisotopic (exact) mass is 157 g/mol. The lowest BCUT2D eigenvalue weighted by atomic mass is 9.91. The average Bonchev–Trinajstić information content (AvgIpc) is 1.86. The van der Waals surface area contributed by atoms with Crippen LogP contribution in [0.4, 0.5) is 0 Å². The van der Waals surface area contributed by atoms with Gasteiger partial charge in [-0.25, -0.2) is 0 Å². The van der Waals surface area contributed by atoms with E-state index in [0.29, 0.717) is 12.5 Å². The molecule has 0 spiro atoms. The number of hydrogen-bond donors (Lipinski definition) is 1. The Morgan fingerprint density at radius 3 is 2.27 bits per heavy atom. The van der Waals surface area contributed by atoms with Gasteiger partial charge in [-0.15, -0.1) is 0 Å². The van der Waals surface area contributed by atoms with Crippen LogP contribution in [0.1, 0.15) is 33.6 Å². The number of carbonyl (C=O) groups excluding carboxylic acids is 1. The summed E-state index contributed by atoms with van der Waals surface area (Å²) in [7, 11) is 0. The normalized spacial score (nSPS) is 13.5. The molecule has 0 heterocycles. The zero-order valence-electron chi connectivity index (χ0n) is 7.76. The van der Waals surface area contributed by atoms with E-state index in [9.17, 15) is 4.79 Å². The van der Waals surface area contributed by atoms with E-state index < -0.39 is 0 Å². The van der Waals surface area contributed by atoms with E-state index in [-0.39, 0.29) is 11.7 Å². The molecular formula is C9H19NO. The minimum atomic E-state index is 0.194. The van der Waals surface area contributed by atoms with Crippen molar-refractivity contribution >= 4 is 5.78 Å². The molecule has 2 N–H and O–H groups in total. The van der Waals surface area contributed by atoms with Gasteiger partial charge >= 0.3 is 0 Å². The maximum atomic E-state index is 11.0. The fourth-order valence-corrected chi connectivity index (χ4v) is 1.26. The molecule has 2 heteroatoms. The largest absolute Gasteiger partial charge is 0.330 e. The Balaban J connectivity index is 3.79. The van der Waals surface area contributed by atoms with Gasteiger partial charge in [0.2, 0.25) is 0 Å². The van der Waals surface area contributed by atoms with E-state index in [2.05, 4.69) is 13.8 Å². The van der Waals surface area contributed by atoms with Gasteiger partial charge in [-0.2, -0.15) is 0 Å². The first-order chi connectivity index (χ1) is 5.07. The number of rotatable bonds is 5. The van der Waals surface area contributed by atoms with Crippen LogP contribution in [-0.2, 0) is 4.79 Å². The highest BCUT2D eigenvalue weighted by Crippen LogP contribution is 2.15. The predicted octanol–water partition coefficient (Wildman–Crippen LogP) is 1.59. The lowest BCUT2D eigenvalue weighted by molar-refractivity contribution is -0.121. The predicted molar refractivity (Wildman–Crippen MR) is 47.3 cm³/mol. The Morgan fingerprint density at radius 2 is 2.00 bits per heavy atom. The van der Waals surface area contributed by atoms with Crippen molar-refractivity contribution in [1.82, 2.24) is 0 Å². The molecule has 0 fully saturated rings. The zero-order chi connectivity index (χ0) is 8.85. The molecule has 0 aliphatic carbocycles. The van der Waals surface area contributed by atoms with Gasteiger partial charge in [-0.05, 0) is 32.2 Å². The topological polar surface area (TPSA) is 43.1 Å². The third-order valence-electron chi connectivity index (χ3n) is 1.85. The van der Waals surface area contributed by atoms with Crippen LogP contribution in [0.2, 0.25) is 0 Å². The van der Waals surface area contributed by atoms with Crippen molar-refractivity contribution in [3.8, 4) is 0 Å². The lowest BCUT2D eigenvalue weighted by Crippen LogP contribution is -2.17. The zero-order valence-corrected chi connectivity index (χ0v) is 7.76. The van der Waals surface area contributed by atoms with Crippen molar-refractivity contribution in [3.63, 3.8) is 0 Å².